The van der Waals surface area contributed by atoms with E-state index in [4.69, 9.17) is 17.3 Å². The molecular formula is C14H20ClN3. The highest BCUT2D eigenvalue weighted by Gasteiger charge is 2.22. The van der Waals surface area contributed by atoms with Crippen molar-refractivity contribution in [3.8, 4) is 0 Å². The predicted molar refractivity (Wildman–Crippen MR) is 77.8 cm³/mol. The van der Waals surface area contributed by atoms with Crippen LogP contribution in [0.25, 0.3) is 11.0 Å². The molecule has 18 heavy (non-hydrogen) atoms. The lowest BCUT2D eigenvalue weighted by Gasteiger charge is -2.28. The Balaban J connectivity index is 2.48. The van der Waals surface area contributed by atoms with Crippen LogP contribution in [0.15, 0.2) is 18.2 Å². The number of halogens is 1. The number of benzene rings is 1. The molecule has 4 heteroatoms. The van der Waals surface area contributed by atoms with Crippen LogP contribution < -0.4 is 5.73 Å². The minimum atomic E-state index is 0.226. The maximum absolute atomic E-state index is 6.26. The van der Waals surface area contributed by atoms with Gasteiger partial charge in [0.05, 0.1) is 16.1 Å². The Morgan fingerprint density at radius 3 is 2.67 bits per heavy atom. The molecular weight excluding hydrogens is 246 g/mol. The molecule has 0 saturated carbocycles. The molecule has 3 nitrogen and oxygen atoms in total. The van der Waals surface area contributed by atoms with Crippen molar-refractivity contribution in [2.75, 3.05) is 5.73 Å². The van der Waals surface area contributed by atoms with Crippen molar-refractivity contribution in [2.45, 2.75) is 34.2 Å². The zero-order valence-corrected chi connectivity index (χ0v) is 12.1. The lowest BCUT2D eigenvalue weighted by Crippen LogP contribution is -2.23. The Hall–Kier alpha value is -1.22. The number of rotatable bonds is 2. The Bertz CT molecular complexity index is 566. The van der Waals surface area contributed by atoms with Crippen molar-refractivity contribution < 1.29 is 0 Å². The van der Waals surface area contributed by atoms with Gasteiger partial charge in [0.15, 0.2) is 0 Å². The van der Waals surface area contributed by atoms with E-state index in [0.29, 0.717) is 16.9 Å². The fraction of sp³-hybridized carbons (Fsp3) is 0.500. The summed E-state index contributed by atoms with van der Waals surface area (Å²) in [5, 5.41) is 0.706. The first-order chi connectivity index (χ1) is 8.30. The third-order valence-electron chi connectivity index (χ3n) is 3.68. The molecule has 1 unspecified atom stereocenters. The first kappa shape index (κ1) is 13.2. The molecule has 0 aliphatic heterocycles. The number of hydrogen-bond acceptors (Lipinski definition) is 2. The van der Waals surface area contributed by atoms with Gasteiger partial charge in [0.2, 0.25) is 5.95 Å². The van der Waals surface area contributed by atoms with Gasteiger partial charge in [-0.3, -0.25) is 0 Å². The molecule has 2 rings (SSSR count). The molecule has 98 valence electrons. The Morgan fingerprint density at radius 2 is 2.06 bits per heavy atom. The normalized spacial score (nSPS) is 14.1. The summed E-state index contributed by atoms with van der Waals surface area (Å²) in [4.78, 5) is 4.37. The van der Waals surface area contributed by atoms with E-state index in [2.05, 4.69) is 32.7 Å². The van der Waals surface area contributed by atoms with E-state index in [1.54, 1.807) is 0 Å². The van der Waals surface area contributed by atoms with Crippen molar-refractivity contribution in [3.63, 3.8) is 0 Å². The summed E-state index contributed by atoms with van der Waals surface area (Å²) in [6.07, 6.45) is 0. The highest BCUT2D eigenvalue weighted by Crippen LogP contribution is 2.31. The van der Waals surface area contributed by atoms with Crippen molar-refractivity contribution in [1.82, 2.24) is 9.55 Å². The molecule has 0 aliphatic rings. The molecule has 0 fully saturated rings. The van der Waals surface area contributed by atoms with Crippen molar-refractivity contribution >= 4 is 28.6 Å². The summed E-state index contributed by atoms with van der Waals surface area (Å²) >= 11 is 6.26. The number of nitrogen functional groups attached to an aromatic ring is 1. The fourth-order valence-corrected chi connectivity index (χ4v) is 2.16. The van der Waals surface area contributed by atoms with Gasteiger partial charge >= 0.3 is 0 Å². The molecule has 1 atom stereocenters. The van der Waals surface area contributed by atoms with E-state index in [0.717, 1.165) is 17.6 Å². The summed E-state index contributed by atoms with van der Waals surface area (Å²) in [5.74, 6) is 1.02. The van der Waals surface area contributed by atoms with Gasteiger partial charge in [0, 0.05) is 6.54 Å². The number of nitrogens with two attached hydrogens (primary N) is 1. The molecule has 1 aromatic heterocycles. The molecule has 0 amide bonds. The molecule has 0 spiro atoms. The third kappa shape index (κ3) is 2.32. The third-order valence-corrected chi connectivity index (χ3v) is 3.99. The van der Waals surface area contributed by atoms with Gasteiger partial charge in [0.1, 0.15) is 0 Å². The second-order valence-electron chi connectivity index (χ2n) is 5.96. The Labute approximate surface area is 113 Å². The van der Waals surface area contributed by atoms with Gasteiger partial charge in [-0.15, -0.1) is 0 Å². The molecule has 2 N–H and O–H groups in total. The summed E-state index contributed by atoms with van der Waals surface area (Å²) in [6, 6.07) is 5.72. The summed E-state index contributed by atoms with van der Waals surface area (Å²) < 4.78 is 2.02. The monoisotopic (exact) mass is 265 g/mol. The van der Waals surface area contributed by atoms with Gasteiger partial charge in [-0.05, 0) is 23.5 Å². The predicted octanol–water partition coefficient (Wildman–Crippen LogP) is 3.95. The molecule has 0 saturated heterocycles. The standard InChI is InChI=1S/C14H20ClN3/c1-9(14(2,3)4)8-18-12-10(15)6-5-7-11(12)17-13(18)16/h5-7,9H,8H2,1-4H3,(H2,16,17). The second kappa shape index (κ2) is 4.47. The first-order valence-corrected chi connectivity index (χ1v) is 6.58. The lowest BCUT2D eigenvalue weighted by atomic mass is 9.82. The SMILES string of the molecule is CC(Cn1c(N)nc2cccc(Cl)c21)C(C)(C)C. The fourth-order valence-electron chi connectivity index (χ4n) is 1.89. The van der Waals surface area contributed by atoms with Crippen LogP contribution in [0, 0.1) is 11.3 Å². The van der Waals surface area contributed by atoms with Crippen molar-refractivity contribution in [1.29, 1.82) is 0 Å². The van der Waals surface area contributed by atoms with Gasteiger partial charge in [-0.25, -0.2) is 4.98 Å². The number of aromatic nitrogens is 2. The Kier molecular flexibility index (Phi) is 3.28. The maximum atomic E-state index is 6.26. The summed E-state index contributed by atoms with van der Waals surface area (Å²) in [5.41, 5.74) is 8.03. The topological polar surface area (TPSA) is 43.8 Å². The summed E-state index contributed by atoms with van der Waals surface area (Å²) in [7, 11) is 0. The van der Waals surface area contributed by atoms with Crippen LogP contribution in [-0.4, -0.2) is 9.55 Å². The van der Waals surface area contributed by atoms with Gasteiger partial charge in [-0.1, -0.05) is 45.4 Å². The van der Waals surface area contributed by atoms with E-state index >= 15 is 0 Å². The van der Waals surface area contributed by atoms with Crippen LogP contribution in [0.5, 0.6) is 0 Å². The quantitative estimate of drug-likeness (QED) is 0.893. The van der Waals surface area contributed by atoms with Gasteiger partial charge in [0.25, 0.3) is 0 Å². The number of para-hydroxylation sites is 1. The highest BCUT2D eigenvalue weighted by atomic mass is 35.5. The van der Waals surface area contributed by atoms with E-state index in [-0.39, 0.29) is 5.41 Å². The van der Waals surface area contributed by atoms with E-state index in [1.807, 2.05) is 22.8 Å². The molecule has 0 bridgehead atoms. The van der Waals surface area contributed by atoms with Crippen LogP contribution in [0.4, 0.5) is 5.95 Å². The number of fused-ring (bicyclic) bond motifs is 1. The van der Waals surface area contributed by atoms with Crippen LogP contribution in [0.3, 0.4) is 0 Å². The zero-order chi connectivity index (χ0) is 13.5. The summed E-state index contributed by atoms with van der Waals surface area (Å²) in [6.45, 7) is 9.75. The first-order valence-electron chi connectivity index (χ1n) is 6.21. The molecule has 0 aliphatic carbocycles. The minimum absolute atomic E-state index is 0.226. The van der Waals surface area contributed by atoms with Crippen LogP contribution >= 0.6 is 11.6 Å². The number of imidazole rings is 1. The van der Waals surface area contributed by atoms with Crippen LogP contribution in [-0.2, 0) is 6.54 Å². The second-order valence-corrected chi connectivity index (χ2v) is 6.36. The largest absolute Gasteiger partial charge is 0.369 e. The van der Waals surface area contributed by atoms with Crippen molar-refractivity contribution in [3.05, 3.63) is 23.2 Å². The number of nitrogens with zero attached hydrogens (tertiary/aromatic N) is 2. The van der Waals surface area contributed by atoms with Crippen LogP contribution in [0.1, 0.15) is 27.7 Å². The number of hydrogen-bond donors (Lipinski definition) is 1. The smallest absolute Gasteiger partial charge is 0.201 e. The lowest BCUT2D eigenvalue weighted by molar-refractivity contribution is 0.236. The van der Waals surface area contributed by atoms with Gasteiger partial charge < -0.3 is 10.3 Å². The van der Waals surface area contributed by atoms with E-state index < -0.39 is 0 Å². The molecule has 2 aromatic rings. The molecule has 1 heterocycles. The molecule has 0 radical (unpaired) electrons. The average Bonchev–Trinajstić information content (AvgIpc) is 2.55. The minimum Gasteiger partial charge on any atom is -0.369 e. The van der Waals surface area contributed by atoms with E-state index in [9.17, 15) is 0 Å². The highest BCUT2D eigenvalue weighted by molar-refractivity contribution is 6.35. The average molecular weight is 266 g/mol. The Morgan fingerprint density at radius 1 is 1.39 bits per heavy atom. The molecule has 1 aromatic carbocycles. The number of anilines is 1. The zero-order valence-electron chi connectivity index (χ0n) is 11.4. The van der Waals surface area contributed by atoms with Crippen molar-refractivity contribution in [2.24, 2.45) is 11.3 Å². The maximum Gasteiger partial charge on any atom is 0.201 e. The van der Waals surface area contributed by atoms with Gasteiger partial charge in [-0.2, -0.15) is 0 Å². The van der Waals surface area contributed by atoms with Crippen LogP contribution in [0.2, 0.25) is 5.02 Å². The van der Waals surface area contributed by atoms with E-state index in [1.165, 1.54) is 0 Å².